The van der Waals surface area contributed by atoms with E-state index >= 15 is 0 Å². The van der Waals surface area contributed by atoms with Gasteiger partial charge in [0.1, 0.15) is 6.04 Å². The molecule has 180 valence electrons. The Kier molecular flexibility index (Phi) is 5.73. The van der Waals surface area contributed by atoms with Crippen LogP contribution in [0.15, 0.2) is 36.4 Å². The quantitative estimate of drug-likeness (QED) is 0.661. The van der Waals surface area contributed by atoms with Gasteiger partial charge in [0.05, 0.1) is 14.2 Å². The molecule has 2 saturated heterocycles. The fourth-order valence-electron chi connectivity index (χ4n) is 5.05. The number of carbonyl (C=O) groups excluding carboxylic acids is 2. The molecule has 5 rings (SSSR count). The van der Waals surface area contributed by atoms with Crippen LogP contribution in [0.2, 0.25) is 0 Å². The zero-order chi connectivity index (χ0) is 23.9. The number of carbonyl (C=O) groups is 2. The Morgan fingerprint density at radius 1 is 1.03 bits per heavy atom. The highest BCUT2D eigenvalue weighted by Crippen LogP contribution is 2.37. The first-order chi connectivity index (χ1) is 16.4. The minimum Gasteiger partial charge on any atom is -0.493 e. The van der Waals surface area contributed by atoms with Gasteiger partial charge in [-0.05, 0) is 54.7 Å². The van der Waals surface area contributed by atoms with Gasteiger partial charge >= 0.3 is 0 Å². The summed E-state index contributed by atoms with van der Waals surface area (Å²) < 4.78 is 21.5. The maximum Gasteiger partial charge on any atom is 0.277 e. The first-order valence-electron chi connectivity index (χ1n) is 11.4. The third-order valence-corrected chi connectivity index (χ3v) is 6.81. The second kappa shape index (κ2) is 8.72. The van der Waals surface area contributed by atoms with E-state index in [9.17, 15) is 14.7 Å². The van der Waals surface area contributed by atoms with E-state index in [4.69, 9.17) is 18.9 Å². The van der Waals surface area contributed by atoms with Crippen LogP contribution in [0.4, 0.5) is 0 Å². The van der Waals surface area contributed by atoms with Crippen molar-refractivity contribution in [1.82, 2.24) is 9.80 Å². The van der Waals surface area contributed by atoms with E-state index in [1.165, 1.54) is 9.80 Å². The summed E-state index contributed by atoms with van der Waals surface area (Å²) in [4.78, 5) is 29.9. The minimum atomic E-state index is -1.98. The van der Waals surface area contributed by atoms with Crippen molar-refractivity contribution in [2.75, 3.05) is 34.1 Å². The monoisotopic (exact) mass is 468 g/mol. The van der Waals surface area contributed by atoms with E-state index in [1.807, 2.05) is 12.1 Å². The smallest absolute Gasteiger partial charge is 0.277 e. The third-order valence-electron chi connectivity index (χ3n) is 6.81. The number of amides is 2. The standard InChI is InChI=1S/C25H28N2O7/c1-31-19-7-5-16(12-21(19)32-2)9-11-27-23(28)18-4-3-10-26(18)24(29)25(27,30)14-17-6-8-20-22(13-17)34-15-33-20/h5-8,12-13,18,30H,3-4,9-11,14-15H2,1-2H3/t18-,25?/m0/s1. The second-order valence-corrected chi connectivity index (χ2v) is 8.77. The third kappa shape index (κ3) is 3.69. The molecule has 1 N–H and O–H groups in total. The predicted molar refractivity (Wildman–Crippen MR) is 121 cm³/mol. The first-order valence-corrected chi connectivity index (χ1v) is 11.4. The maximum absolute atomic E-state index is 13.5. The Labute approximate surface area is 197 Å². The predicted octanol–water partition coefficient (Wildman–Crippen LogP) is 1.74. The number of hydrogen-bond donors (Lipinski definition) is 1. The molecule has 9 heteroatoms. The molecule has 3 heterocycles. The fraction of sp³-hybridized carbons (Fsp3) is 0.440. The van der Waals surface area contributed by atoms with E-state index in [-0.39, 0.29) is 25.7 Å². The minimum absolute atomic E-state index is 0.0383. The van der Waals surface area contributed by atoms with Crippen molar-refractivity contribution in [1.29, 1.82) is 0 Å². The van der Waals surface area contributed by atoms with Crippen LogP contribution in [0.1, 0.15) is 24.0 Å². The first kappa shape index (κ1) is 22.3. The maximum atomic E-state index is 13.5. The van der Waals surface area contributed by atoms with Crippen molar-refractivity contribution in [3.05, 3.63) is 47.5 Å². The summed E-state index contributed by atoms with van der Waals surface area (Å²) in [6, 6.07) is 10.3. The summed E-state index contributed by atoms with van der Waals surface area (Å²) in [6.07, 6.45) is 1.75. The van der Waals surface area contributed by atoms with Gasteiger partial charge in [-0.15, -0.1) is 0 Å². The molecule has 34 heavy (non-hydrogen) atoms. The van der Waals surface area contributed by atoms with Crippen LogP contribution in [0.25, 0.3) is 0 Å². The number of fused-ring (bicyclic) bond motifs is 2. The molecule has 2 fully saturated rings. The van der Waals surface area contributed by atoms with Gasteiger partial charge in [0.25, 0.3) is 5.91 Å². The van der Waals surface area contributed by atoms with Gasteiger partial charge in [-0.3, -0.25) is 9.59 Å². The van der Waals surface area contributed by atoms with Gasteiger partial charge in [-0.1, -0.05) is 12.1 Å². The number of rotatable bonds is 7. The molecule has 9 nitrogen and oxygen atoms in total. The Bertz CT molecular complexity index is 1120. The molecule has 2 aromatic carbocycles. The molecule has 0 aliphatic carbocycles. The molecule has 0 radical (unpaired) electrons. The van der Waals surface area contributed by atoms with Gasteiger partial charge in [0, 0.05) is 19.5 Å². The molecule has 2 amide bonds. The summed E-state index contributed by atoms with van der Waals surface area (Å²) in [6.45, 7) is 0.793. The molecule has 2 atom stereocenters. The fourth-order valence-corrected chi connectivity index (χ4v) is 5.05. The molecule has 0 bridgehead atoms. The summed E-state index contributed by atoms with van der Waals surface area (Å²) in [5.74, 6) is 1.72. The molecule has 0 aromatic heterocycles. The summed E-state index contributed by atoms with van der Waals surface area (Å²) in [5, 5.41) is 11.8. The summed E-state index contributed by atoms with van der Waals surface area (Å²) >= 11 is 0. The average Bonchev–Trinajstić information content (AvgIpc) is 3.52. The molecular formula is C25H28N2O7. The topological polar surface area (TPSA) is 97.8 Å². The van der Waals surface area contributed by atoms with Crippen molar-refractivity contribution >= 4 is 11.8 Å². The number of aliphatic hydroxyl groups is 1. The molecule has 0 saturated carbocycles. The number of piperazine rings is 1. The van der Waals surface area contributed by atoms with Crippen LogP contribution in [-0.2, 0) is 22.4 Å². The van der Waals surface area contributed by atoms with E-state index in [0.717, 1.165) is 12.0 Å². The van der Waals surface area contributed by atoms with E-state index in [1.54, 1.807) is 38.5 Å². The van der Waals surface area contributed by atoms with Gasteiger partial charge in [0.15, 0.2) is 23.0 Å². The molecule has 3 aliphatic heterocycles. The highest BCUT2D eigenvalue weighted by molar-refractivity contribution is 5.99. The van der Waals surface area contributed by atoms with Crippen LogP contribution in [0.5, 0.6) is 23.0 Å². The van der Waals surface area contributed by atoms with Crippen LogP contribution in [-0.4, -0.2) is 72.6 Å². The number of nitrogens with zero attached hydrogens (tertiary/aromatic N) is 2. The lowest BCUT2D eigenvalue weighted by atomic mass is 9.93. The van der Waals surface area contributed by atoms with Crippen molar-refractivity contribution in [2.45, 2.75) is 37.5 Å². The van der Waals surface area contributed by atoms with Crippen LogP contribution >= 0.6 is 0 Å². The van der Waals surface area contributed by atoms with Gasteiger partial charge in [-0.25, -0.2) is 0 Å². The number of hydrogen-bond acceptors (Lipinski definition) is 7. The van der Waals surface area contributed by atoms with E-state index < -0.39 is 17.7 Å². The summed E-state index contributed by atoms with van der Waals surface area (Å²) in [5.41, 5.74) is -0.402. The Balaban J connectivity index is 1.43. The van der Waals surface area contributed by atoms with Crippen LogP contribution < -0.4 is 18.9 Å². The lowest BCUT2D eigenvalue weighted by molar-refractivity contribution is -0.197. The zero-order valence-corrected chi connectivity index (χ0v) is 19.3. The average molecular weight is 469 g/mol. The van der Waals surface area contributed by atoms with Crippen LogP contribution in [0.3, 0.4) is 0 Å². The normalized spacial score (nSPS) is 23.3. The molecular weight excluding hydrogens is 440 g/mol. The Hall–Kier alpha value is -3.46. The SMILES string of the molecule is COc1ccc(CCN2C(=O)[C@@H]3CCCN3C(=O)C2(O)Cc2ccc3c(c2)OCO3)cc1OC. The van der Waals surface area contributed by atoms with Gasteiger partial charge in [-0.2, -0.15) is 0 Å². The lowest BCUT2D eigenvalue weighted by Crippen LogP contribution is -2.71. The van der Waals surface area contributed by atoms with Crippen molar-refractivity contribution < 1.29 is 33.6 Å². The molecule has 3 aliphatic rings. The van der Waals surface area contributed by atoms with Crippen molar-refractivity contribution in [3.63, 3.8) is 0 Å². The highest BCUT2D eigenvalue weighted by atomic mass is 16.7. The number of ether oxygens (including phenoxy) is 4. The van der Waals surface area contributed by atoms with Gasteiger partial charge < -0.3 is 33.9 Å². The molecule has 1 unspecified atom stereocenters. The number of benzene rings is 2. The van der Waals surface area contributed by atoms with Crippen molar-refractivity contribution in [2.24, 2.45) is 0 Å². The largest absolute Gasteiger partial charge is 0.493 e. The number of methoxy groups -OCH3 is 2. The van der Waals surface area contributed by atoms with E-state index in [2.05, 4.69) is 0 Å². The highest BCUT2D eigenvalue weighted by Gasteiger charge is 2.56. The zero-order valence-electron chi connectivity index (χ0n) is 19.3. The van der Waals surface area contributed by atoms with Gasteiger partial charge in [0.2, 0.25) is 18.4 Å². The molecule has 2 aromatic rings. The van der Waals surface area contributed by atoms with E-state index in [0.29, 0.717) is 47.9 Å². The Morgan fingerprint density at radius 3 is 2.59 bits per heavy atom. The summed E-state index contributed by atoms with van der Waals surface area (Å²) in [7, 11) is 3.13. The van der Waals surface area contributed by atoms with Crippen LogP contribution in [0, 0.1) is 0 Å². The Morgan fingerprint density at radius 2 is 1.79 bits per heavy atom. The lowest BCUT2D eigenvalue weighted by Gasteiger charge is -2.47. The molecule has 0 spiro atoms. The van der Waals surface area contributed by atoms with Crippen molar-refractivity contribution in [3.8, 4) is 23.0 Å². The second-order valence-electron chi connectivity index (χ2n) is 8.77.